The third-order valence-electron chi connectivity index (χ3n) is 4.92. The molecule has 1 amide bonds. The average molecular weight is 344 g/mol. The summed E-state index contributed by atoms with van der Waals surface area (Å²) in [5, 5.41) is 12.2. The Morgan fingerprint density at radius 2 is 2.08 bits per heavy atom. The van der Waals surface area contributed by atoms with Crippen molar-refractivity contribution in [3.63, 3.8) is 0 Å². The SMILES string of the molecule is Cc1csc(-c2cccc(C(=O)N(C)C3CCC(CO)CC3)c2)n1. The summed E-state index contributed by atoms with van der Waals surface area (Å²) in [6.45, 7) is 2.24. The number of aliphatic hydroxyl groups is 1. The molecule has 0 radical (unpaired) electrons. The minimum absolute atomic E-state index is 0.0672. The average Bonchev–Trinajstić information content (AvgIpc) is 3.07. The van der Waals surface area contributed by atoms with Gasteiger partial charge in [0, 0.05) is 41.9 Å². The molecule has 0 spiro atoms. The maximum Gasteiger partial charge on any atom is 0.253 e. The number of benzene rings is 1. The van der Waals surface area contributed by atoms with Crippen molar-refractivity contribution < 1.29 is 9.90 Å². The predicted molar refractivity (Wildman–Crippen MR) is 97.2 cm³/mol. The predicted octanol–water partition coefficient (Wildman–Crippen LogP) is 3.74. The van der Waals surface area contributed by atoms with E-state index in [9.17, 15) is 9.90 Å². The number of aromatic nitrogens is 1. The summed E-state index contributed by atoms with van der Waals surface area (Å²) in [6.07, 6.45) is 3.94. The molecule has 0 aliphatic heterocycles. The van der Waals surface area contributed by atoms with Crippen LogP contribution in [0.25, 0.3) is 10.6 Å². The Morgan fingerprint density at radius 1 is 1.33 bits per heavy atom. The fourth-order valence-corrected chi connectivity index (χ4v) is 4.15. The number of carbonyl (C=O) groups is 1. The highest BCUT2D eigenvalue weighted by molar-refractivity contribution is 7.13. The largest absolute Gasteiger partial charge is 0.396 e. The fraction of sp³-hybridized carbons (Fsp3) is 0.474. The van der Waals surface area contributed by atoms with Crippen LogP contribution < -0.4 is 0 Å². The molecule has 2 aromatic rings. The van der Waals surface area contributed by atoms with Crippen LogP contribution in [0.3, 0.4) is 0 Å². The Balaban J connectivity index is 1.73. The number of rotatable bonds is 4. The van der Waals surface area contributed by atoms with E-state index in [0.717, 1.165) is 41.9 Å². The van der Waals surface area contributed by atoms with Gasteiger partial charge in [0.25, 0.3) is 5.91 Å². The molecule has 4 nitrogen and oxygen atoms in total. The lowest BCUT2D eigenvalue weighted by atomic mass is 9.86. The molecule has 5 heteroatoms. The minimum atomic E-state index is 0.0672. The number of nitrogens with zero attached hydrogens (tertiary/aromatic N) is 2. The first kappa shape index (κ1) is 17.1. The van der Waals surface area contributed by atoms with Gasteiger partial charge in [-0.05, 0) is 50.7 Å². The number of aryl methyl sites for hydroxylation is 1. The third kappa shape index (κ3) is 3.68. The summed E-state index contributed by atoms with van der Waals surface area (Å²) in [7, 11) is 1.90. The zero-order valence-electron chi connectivity index (χ0n) is 14.2. The van der Waals surface area contributed by atoms with Crippen molar-refractivity contribution in [3.05, 3.63) is 40.9 Å². The second kappa shape index (κ2) is 7.45. The molecule has 1 aromatic heterocycles. The highest BCUT2D eigenvalue weighted by Gasteiger charge is 2.26. The van der Waals surface area contributed by atoms with Gasteiger partial charge in [-0.25, -0.2) is 4.98 Å². The van der Waals surface area contributed by atoms with Crippen LogP contribution in [0.4, 0.5) is 0 Å². The highest BCUT2D eigenvalue weighted by Crippen LogP contribution is 2.28. The lowest BCUT2D eigenvalue weighted by molar-refractivity contribution is 0.0653. The summed E-state index contributed by atoms with van der Waals surface area (Å²) in [6, 6.07) is 8.02. The molecular formula is C19H24N2O2S. The standard InChI is InChI=1S/C19H24N2O2S/c1-13-12-24-18(20-13)15-4-3-5-16(10-15)19(23)21(2)17-8-6-14(11-22)7-9-17/h3-5,10,12,14,17,22H,6-9,11H2,1-2H3. The topological polar surface area (TPSA) is 53.4 Å². The normalized spacial score (nSPS) is 20.8. The van der Waals surface area contributed by atoms with Crippen molar-refractivity contribution in [2.24, 2.45) is 5.92 Å². The molecule has 1 aliphatic carbocycles. The van der Waals surface area contributed by atoms with Crippen LogP contribution in [-0.4, -0.2) is 40.6 Å². The second-order valence-corrected chi connectivity index (χ2v) is 7.51. The molecule has 3 rings (SSSR count). The molecular weight excluding hydrogens is 320 g/mol. The van der Waals surface area contributed by atoms with Crippen molar-refractivity contribution in [3.8, 4) is 10.6 Å². The number of carbonyl (C=O) groups excluding carboxylic acids is 1. The Bertz CT molecular complexity index is 705. The molecule has 1 fully saturated rings. The maximum absolute atomic E-state index is 12.8. The Morgan fingerprint density at radius 3 is 2.71 bits per heavy atom. The molecule has 1 aromatic carbocycles. The minimum Gasteiger partial charge on any atom is -0.396 e. The fourth-order valence-electron chi connectivity index (χ4n) is 3.36. The van der Waals surface area contributed by atoms with Gasteiger partial charge in [0.15, 0.2) is 0 Å². The third-order valence-corrected chi connectivity index (χ3v) is 5.93. The van der Waals surface area contributed by atoms with Gasteiger partial charge >= 0.3 is 0 Å². The number of aliphatic hydroxyl groups excluding tert-OH is 1. The summed E-state index contributed by atoms with van der Waals surface area (Å²) < 4.78 is 0. The summed E-state index contributed by atoms with van der Waals surface area (Å²) in [5.41, 5.74) is 2.72. The molecule has 1 heterocycles. The van der Waals surface area contributed by atoms with Crippen molar-refractivity contribution in [1.82, 2.24) is 9.88 Å². The van der Waals surface area contributed by atoms with E-state index >= 15 is 0 Å². The molecule has 0 bridgehead atoms. The van der Waals surface area contributed by atoms with Gasteiger partial charge in [-0.3, -0.25) is 4.79 Å². The van der Waals surface area contributed by atoms with E-state index in [1.54, 1.807) is 11.3 Å². The Kier molecular flexibility index (Phi) is 5.31. The first-order chi connectivity index (χ1) is 11.6. The van der Waals surface area contributed by atoms with Crippen LogP contribution in [-0.2, 0) is 0 Å². The van der Waals surface area contributed by atoms with Crippen molar-refractivity contribution in [2.45, 2.75) is 38.6 Å². The lowest BCUT2D eigenvalue weighted by Gasteiger charge is -2.34. The first-order valence-electron chi connectivity index (χ1n) is 8.49. The highest BCUT2D eigenvalue weighted by atomic mass is 32.1. The number of thiazole rings is 1. The summed E-state index contributed by atoms with van der Waals surface area (Å²) in [5.74, 6) is 0.471. The smallest absolute Gasteiger partial charge is 0.253 e. The Hall–Kier alpha value is -1.72. The van der Waals surface area contributed by atoms with E-state index in [0.29, 0.717) is 11.5 Å². The quantitative estimate of drug-likeness (QED) is 0.919. The maximum atomic E-state index is 12.8. The van der Waals surface area contributed by atoms with Crippen LogP contribution >= 0.6 is 11.3 Å². The number of hydrogen-bond donors (Lipinski definition) is 1. The van der Waals surface area contributed by atoms with Crippen LogP contribution in [0.15, 0.2) is 29.6 Å². The van der Waals surface area contributed by atoms with E-state index in [2.05, 4.69) is 4.98 Å². The Labute approximate surface area is 147 Å². The summed E-state index contributed by atoms with van der Waals surface area (Å²) >= 11 is 1.60. The van der Waals surface area contributed by atoms with Gasteiger partial charge in [-0.15, -0.1) is 11.3 Å². The van der Waals surface area contributed by atoms with E-state index < -0.39 is 0 Å². The number of hydrogen-bond acceptors (Lipinski definition) is 4. The van der Waals surface area contributed by atoms with Crippen molar-refractivity contribution in [2.75, 3.05) is 13.7 Å². The summed E-state index contributed by atoms with van der Waals surface area (Å²) in [4.78, 5) is 19.2. The van der Waals surface area contributed by atoms with Crippen LogP contribution in [0, 0.1) is 12.8 Å². The second-order valence-electron chi connectivity index (χ2n) is 6.65. The zero-order valence-corrected chi connectivity index (χ0v) is 15.1. The molecule has 1 aliphatic rings. The van der Waals surface area contributed by atoms with Crippen molar-refractivity contribution >= 4 is 17.2 Å². The van der Waals surface area contributed by atoms with Crippen LogP contribution in [0.1, 0.15) is 41.7 Å². The molecule has 1 saturated carbocycles. The van der Waals surface area contributed by atoms with Gasteiger partial charge in [-0.2, -0.15) is 0 Å². The molecule has 0 saturated heterocycles. The first-order valence-corrected chi connectivity index (χ1v) is 9.37. The van der Waals surface area contributed by atoms with Crippen molar-refractivity contribution in [1.29, 1.82) is 0 Å². The van der Waals surface area contributed by atoms with Gasteiger partial charge in [0.2, 0.25) is 0 Å². The molecule has 128 valence electrons. The van der Waals surface area contributed by atoms with E-state index in [1.165, 1.54) is 0 Å². The lowest BCUT2D eigenvalue weighted by Crippen LogP contribution is -2.39. The zero-order chi connectivity index (χ0) is 17.1. The van der Waals surface area contributed by atoms with Gasteiger partial charge < -0.3 is 10.0 Å². The van der Waals surface area contributed by atoms with Gasteiger partial charge in [-0.1, -0.05) is 12.1 Å². The molecule has 24 heavy (non-hydrogen) atoms. The van der Waals surface area contributed by atoms with E-state index in [4.69, 9.17) is 0 Å². The van der Waals surface area contributed by atoms with Gasteiger partial charge in [0.1, 0.15) is 5.01 Å². The molecule has 1 N–H and O–H groups in total. The van der Waals surface area contributed by atoms with E-state index in [-0.39, 0.29) is 18.6 Å². The van der Waals surface area contributed by atoms with Crippen LogP contribution in [0.2, 0.25) is 0 Å². The monoisotopic (exact) mass is 344 g/mol. The van der Waals surface area contributed by atoms with E-state index in [1.807, 2.05) is 48.5 Å². The van der Waals surface area contributed by atoms with Crippen LogP contribution in [0.5, 0.6) is 0 Å². The number of amides is 1. The molecule has 0 atom stereocenters. The van der Waals surface area contributed by atoms with Gasteiger partial charge in [0.05, 0.1) is 0 Å². The molecule has 0 unspecified atom stereocenters.